The average Bonchev–Trinajstić information content (AvgIpc) is 2.36. The summed E-state index contributed by atoms with van der Waals surface area (Å²) >= 11 is 0. The van der Waals surface area contributed by atoms with Gasteiger partial charge in [-0.05, 0) is 31.7 Å². The molecule has 1 fully saturated rings. The van der Waals surface area contributed by atoms with Gasteiger partial charge in [0.1, 0.15) is 5.82 Å². The third-order valence-corrected chi connectivity index (χ3v) is 3.63. The minimum absolute atomic E-state index is 0.145. The summed E-state index contributed by atoms with van der Waals surface area (Å²) in [5.74, 6) is -0.614. The number of piperazine rings is 1. The summed E-state index contributed by atoms with van der Waals surface area (Å²) in [4.78, 5) is 16.4. The number of carbonyl (C=O) groups is 1. The molecule has 1 atom stereocenters. The minimum atomic E-state index is -0.469. The molecule has 0 aromatic heterocycles. The predicted molar refractivity (Wildman–Crippen MR) is 73.4 cm³/mol. The van der Waals surface area contributed by atoms with E-state index < -0.39 is 5.82 Å². The number of amides is 1. The van der Waals surface area contributed by atoms with Crippen molar-refractivity contribution in [2.75, 3.05) is 31.9 Å². The molecule has 1 aliphatic rings. The summed E-state index contributed by atoms with van der Waals surface area (Å²) in [7, 11) is 0. The Labute approximate surface area is 113 Å². The maximum absolute atomic E-state index is 13.3. The molecule has 0 bridgehead atoms. The lowest BCUT2D eigenvalue weighted by Gasteiger charge is -2.39. The number of nitrogen functional groups attached to an aromatic ring is 1. The zero-order chi connectivity index (χ0) is 14.0. The van der Waals surface area contributed by atoms with Crippen molar-refractivity contribution in [3.05, 3.63) is 29.6 Å². The van der Waals surface area contributed by atoms with Gasteiger partial charge in [0, 0.05) is 36.9 Å². The second kappa shape index (κ2) is 5.57. The molecule has 1 heterocycles. The number of likely N-dealkylation sites (N-methyl/N-ethyl adjacent to an activating group) is 1. The lowest BCUT2D eigenvalue weighted by molar-refractivity contribution is 0.0528. The summed E-state index contributed by atoms with van der Waals surface area (Å²) in [6.07, 6.45) is 0. The highest BCUT2D eigenvalue weighted by molar-refractivity contribution is 5.95. The number of nitrogens with zero attached hydrogens (tertiary/aromatic N) is 2. The third-order valence-electron chi connectivity index (χ3n) is 3.63. The van der Waals surface area contributed by atoms with E-state index in [1.165, 1.54) is 18.2 Å². The molecule has 4 nitrogen and oxygen atoms in total. The minimum Gasteiger partial charge on any atom is -0.399 e. The van der Waals surface area contributed by atoms with Crippen LogP contribution in [0, 0.1) is 5.82 Å². The normalized spacial score (nSPS) is 20.6. The Balaban J connectivity index is 2.12. The zero-order valence-electron chi connectivity index (χ0n) is 11.4. The number of hydrogen-bond donors (Lipinski definition) is 1. The summed E-state index contributed by atoms with van der Waals surface area (Å²) in [6.45, 7) is 7.39. The Kier molecular flexibility index (Phi) is 4.04. The van der Waals surface area contributed by atoms with E-state index in [4.69, 9.17) is 5.73 Å². The number of anilines is 1. The predicted octanol–water partition coefficient (Wildman–Crippen LogP) is 1.57. The topological polar surface area (TPSA) is 49.6 Å². The van der Waals surface area contributed by atoms with Gasteiger partial charge in [0.25, 0.3) is 5.91 Å². The first kappa shape index (κ1) is 13.8. The van der Waals surface area contributed by atoms with Gasteiger partial charge < -0.3 is 10.6 Å². The summed E-state index contributed by atoms with van der Waals surface area (Å²) in [5, 5.41) is 0. The van der Waals surface area contributed by atoms with Crippen LogP contribution in [0.1, 0.15) is 24.2 Å². The second-order valence-corrected chi connectivity index (χ2v) is 5.00. The van der Waals surface area contributed by atoms with Crippen LogP contribution in [0.3, 0.4) is 0 Å². The van der Waals surface area contributed by atoms with Crippen LogP contribution in [0.5, 0.6) is 0 Å². The largest absolute Gasteiger partial charge is 0.399 e. The van der Waals surface area contributed by atoms with Crippen molar-refractivity contribution < 1.29 is 9.18 Å². The monoisotopic (exact) mass is 265 g/mol. The highest BCUT2D eigenvalue weighted by Gasteiger charge is 2.26. The summed E-state index contributed by atoms with van der Waals surface area (Å²) in [6, 6.07) is 4.32. The first-order valence-corrected chi connectivity index (χ1v) is 6.60. The Morgan fingerprint density at radius 3 is 2.74 bits per heavy atom. The molecule has 5 heteroatoms. The molecule has 0 spiro atoms. The van der Waals surface area contributed by atoms with Gasteiger partial charge in [-0.2, -0.15) is 0 Å². The highest BCUT2D eigenvalue weighted by Crippen LogP contribution is 2.16. The summed E-state index contributed by atoms with van der Waals surface area (Å²) in [5.41, 5.74) is 6.19. The van der Waals surface area contributed by atoms with Crippen molar-refractivity contribution in [3.8, 4) is 0 Å². The van der Waals surface area contributed by atoms with E-state index in [9.17, 15) is 9.18 Å². The molecule has 1 aromatic carbocycles. The van der Waals surface area contributed by atoms with Crippen LogP contribution >= 0.6 is 0 Å². The van der Waals surface area contributed by atoms with Crippen molar-refractivity contribution in [1.82, 2.24) is 9.80 Å². The molecule has 0 aliphatic carbocycles. The van der Waals surface area contributed by atoms with E-state index in [1.807, 2.05) is 0 Å². The Morgan fingerprint density at radius 2 is 2.16 bits per heavy atom. The third kappa shape index (κ3) is 3.04. The number of rotatable bonds is 2. The van der Waals surface area contributed by atoms with Gasteiger partial charge in [-0.3, -0.25) is 9.69 Å². The van der Waals surface area contributed by atoms with Gasteiger partial charge in [-0.25, -0.2) is 4.39 Å². The molecule has 1 saturated heterocycles. The van der Waals surface area contributed by atoms with Gasteiger partial charge in [-0.1, -0.05) is 6.92 Å². The van der Waals surface area contributed by atoms with Crippen LogP contribution in [0.4, 0.5) is 10.1 Å². The van der Waals surface area contributed by atoms with Crippen LogP contribution < -0.4 is 5.73 Å². The zero-order valence-corrected chi connectivity index (χ0v) is 11.4. The van der Waals surface area contributed by atoms with Crippen LogP contribution in [0.15, 0.2) is 18.2 Å². The molecule has 19 heavy (non-hydrogen) atoms. The van der Waals surface area contributed by atoms with Gasteiger partial charge >= 0.3 is 0 Å². The molecule has 1 unspecified atom stereocenters. The number of benzene rings is 1. The Hall–Kier alpha value is -1.62. The number of carbonyl (C=O) groups excluding carboxylic acids is 1. The first-order valence-electron chi connectivity index (χ1n) is 6.60. The average molecular weight is 265 g/mol. The maximum Gasteiger partial charge on any atom is 0.254 e. The lowest BCUT2D eigenvalue weighted by atomic mass is 10.1. The molecule has 1 aromatic rings. The van der Waals surface area contributed by atoms with E-state index in [-0.39, 0.29) is 11.6 Å². The molecular weight excluding hydrogens is 245 g/mol. The number of nitrogens with two attached hydrogens (primary N) is 1. The molecular formula is C14H20FN3O. The van der Waals surface area contributed by atoms with E-state index >= 15 is 0 Å². The van der Waals surface area contributed by atoms with Crippen molar-refractivity contribution in [2.45, 2.75) is 19.9 Å². The quantitative estimate of drug-likeness (QED) is 0.826. The van der Waals surface area contributed by atoms with E-state index in [1.54, 1.807) is 4.90 Å². The van der Waals surface area contributed by atoms with Gasteiger partial charge in [0.15, 0.2) is 0 Å². The van der Waals surface area contributed by atoms with Gasteiger partial charge in [0.05, 0.1) is 0 Å². The van der Waals surface area contributed by atoms with Crippen LogP contribution in [0.25, 0.3) is 0 Å². The fourth-order valence-electron chi connectivity index (χ4n) is 2.57. The van der Waals surface area contributed by atoms with Crippen LogP contribution in [0.2, 0.25) is 0 Å². The molecule has 1 aliphatic heterocycles. The van der Waals surface area contributed by atoms with Crippen molar-refractivity contribution in [3.63, 3.8) is 0 Å². The number of hydrogen-bond acceptors (Lipinski definition) is 3. The van der Waals surface area contributed by atoms with Gasteiger partial charge in [0.2, 0.25) is 0 Å². The molecule has 0 saturated carbocycles. The fraction of sp³-hybridized carbons (Fsp3) is 0.500. The Bertz CT molecular complexity index is 458. The highest BCUT2D eigenvalue weighted by atomic mass is 19.1. The lowest BCUT2D eigenvalue weighted by Crippen LogP contribution is -2.53. The molecule has 1 amide bonds. The molecule has 2 rings (SSSR count). The fourth-order valence-corrected chi connectivity index (χ4v) is 2.57. The standard InChI is InChI=1S/C14H20FN3O/c1-3-17-4-5-18(9-10(17)2)14(19)11-6-12(15)8-13(16)7-11/h6-8,10H,3-5,9,16H2,1-2H3. The van der Waals surface area contributed by atoms with Crippen molar-refractivity contribution in [2.24, 2.45) is 0 Å². The summed E-state index contributed by atoms with van der Waals surface area (Å²) < 4.78 is 13.3. The van der Waals surface area contributed by atoms with Crippen LogP contribution in [-0.2, 0) is 0 Å². The van der Waals surface area contributed by atoms with Crippen molar-refractivity contribution in [1.29, 1.82) is 0 Å². The first-order chi connectivity index (χ1) is 9.01. The smallest absolute Gasteiger partial charge is 0.254 e. The van der Waals surface area contributed by atoms with E-state index in [0.717, 1.165) is 13.1 Å². The molecule has 0 radical (unpaired) electrons. The van der Waals surface area contributed by atoms with Gasteiger partial charge in [-0.15, -0.1) is 0 Å². The second-order valence-electron chi connectivity index (χ2n) is 5.00. The van der Waals surface area contributed by atoms with Crippen LogP contribution in [-0.4, -0.2) is 47.9 Å². The van der Waals surface area contributed by atoms with Crippen molar-refractivity contribution >= 4 is 11.6 Å². The molecule has 104 valence electrons. The number of halogens is 1. The molecule has 2 N–H and O–H groups in total. The Morgan fingerprint density at radius 1 is 1.42 bits per heavy atom. The van der Waals surface area contributed by atoms with E-state index in [2.05, 4.69) is 18.7 Å². The maximum atomic E-state index is 13.3. The SMILES string of the molecule is CCN1CCN(C(=O)c2cc(N)cc(F)c2)CC1C. The van der Waals surface area contributed by atoms with E-state index in [0.29, 0.717) is 24.7 Å².